The van der Waals surface area contributed by atoms with Crippen LogP contribution in [0.1, 0.15) is 30.5 Å². The first-order valence-corrected chi connectivity index (χ1v) is 8.19. The number of hydrogen-bond acceptors (Lipinski definition) is 4. The van der Waals surface area contributed by atoms with E-state index in [0.29, 0.717) is 11.0 Å². The molecule has 0 bridgehead atoms. The van der Waals surface area contributed by atoms with Crippen LogP contribution in [0.3, 0.4) is 0 Å². The molecule has 0 aliphatic rings. The number of carbonyl (C=O) groups is 1. The highest BCUT2D eigenvalue weighted by atomic mass is 16.2. The molecule has 0 unspecified atom stereocenters. The predicted octanol–water partition coefficient (Wildman–Crippen LogP) is 1.71. The molecule has 0 radical (unpaired) electrons. The van der Waals surface area contributed by atoms with Gasteiger partial charge in [-0.2, -0.15) is 5.10 Å². The summed E-state index contributed by atoms with van der Waals surface area (Å²) < 4.78 is 3.00. The zero-order valence-corrected chi connectivity index (χ0v) is 14.6. The van der Waals surface area contributed by atoms with E-state index in [1.807, 2.05) is 38.1 Å². The minimum atomic E-state index is -0.183. The number of aromatic nitrogens is 4. The molecule has 0 aliphatic heterocycles. The Morgan fingerprint density at radius 2 is 2.08 bits per heavy atom. The van der Waals surface area contributed by atoms with Crippen LogP contribution in [0.4, 0.5) is 0 Å². The Kier molecular flexibility index (Phi) is 4.65. The first-order chi connectivity index (χ1) is 12.0. The van der Waals surface area contributed by atoms with Crippen molar-refractivity contribution in [2.75, 3.05) is 0 Å². The largest absolute Gasteiger partial charge is 0.350 e. The van der Waals surface area contributed by atoms with Crippen LogP contribution in [-0.4, -0.2) is 25.2 Å². The monoisotopic (exact) mass is 339 g/mol. The zero-order chi connectivity index (χ0) is 18.0. The molecule has 0 spiro atoms. The van der Waals surface area contributed by atoms with Crippen molar-refractivity contribution < 1.29 is 4.79 Å². The molecular weight excluding hydrogens is 318 g/mol. The zero-order valence-electron chi connectivity index (χ0n) is 14.6. The average Bonchev–Trinajstić information content (AvgIpc) is 2.96. The van der Waals surface area contributed by atoms with Crippen molar-refractivity contribution in [2.24, 2.45) is 7.05 Å². The van der Waals surface area contributed by atoms with E-state index < -0.39 is 0 Å². The second-order valence-corrected chi connectivity index (χ2v) is 6.14. The molecule has 0 aliphatic carbocycles. The van der Waals surface area contributed by atoms with E-state index in [4.69, 9.17) is 0 Å². The molecule has 1 amide bonds. The highest BCUT2D eigenvalue weighted by Gasteiger charge is 2.13. The minimum absolute atomic E-state index is 0.0793. The number of nitrogens with zero attached hydrogens (tertiary/aromatic N) is 4. The van der Waals surface area contributed by atoms with Gasteiger partial charge in [-0.05, 0) is 25.0 Å². The minimum Gasteiger partial charge on any atom is -0.350 e. The van der Waals surface area contributed by atoms with Crippen LogP contribution in [0.2, 0.25) is 0 Å². The predicted molar refractivity (Wildman–Crippen MR) is 95.1 cm³/mol. The topological polar surface area (TPSA) is 81.8 Å². The summed E-state index contributed by atoms with van der Waals surface area (Å²) >= 11 is 0. The van der Waals surface area contributed by atoms with Crippen molar-refractivity contribution in [1.29, 1.82) is 0 Å². The van der Waals surface area contributed by atoms with Gasteiger partial charge in [0, 0.05) is 20.0 Å². The van der Waals surface area contributed by atoms with Crippen molar-refractivity contribution in [3.63, 3.8) is 0 Å². The van der Waals surface area contributed by atoms with Gasteiger partial charge in [-0.3, -0.25) is 18.8 Å². The number of amides is 1. The molecule has 1 aromatic carbocycles. The first-order valence-electron chi connectivity index (χ1n) is 8.19. The number of fused-ring (bicyclic) bond motifs is 1. The van der Waals surface area contributed by atoms with E-state index in [2.05, 4.69) is 15.4 Å². The molecule has 130 valence electrons. The number of aryl methyl sites for hydroxylation is 3. The third-order valence-electron chi connectivity index (χ3n) is 4.33. The maximum atomic E-state index is 12.4. The van der Waals surface area contributed by atoms with Gasteiger partial charge in [-0.15, -0.1) is 0 Å². The molecule has 2 aromatic heterocycles. The molecule has 7 nitrogen and oxygen atoms in total. The molecule has 1 N–H and O–H groups in total. The Hall–Kier alpha value is -2.96. The fraction of sp³-hybridized carbons (Fsp3) is 0.333. The van der Waals surface area contributed by atoms with Gasteiger partial charge >= 0.3 is 0 Å². The van der Waals surface area contributed by atoms with E-state index in [1.165, 1.54) is 17.1 Å². The fourth-order valence-corrected chi connectivity index (χ4v) is 2.91. The van der Waals surface area contributed by atoms with Crippen molar-refractivity contribution in [1.82, 2.24) is 24.6 Å². The van der Waals surface area contributed by atoms with Gasteiger partial charge in [0.1, 0.15) is 5.39 Å². The van der Waals surface area contributed by atoms with Crippen LogP contribution in [0, 0.1) is 6.92 Å². The molecule has 25 heavy (non-hydrogen) atoms. The van der Waals surface area contributed by atoms with Crippen LogP contribution < -0.4 is 10.9 Å². The summed E-state index contributed by atoms with van der Waals surface area (Å²) in [4.78, 5) is 28.8. The van der Waals surface area contributed by atoms with Crippen molar-refractivity contribution in [2.45, 2.75) is 32.9 Å². The Labute approximate surface area is 145 Å². The summed E-state index contributed by atoms with van der Waals surface area (Å²) in [5.41, 5.74) is 2.58. The highest BCUT2D eigenvalue weighted by molar-refractivity contribution is 5.76. The number of carbonyl (C=O) groups excluding carboxylic acids is 1. The Morgan fingerprint density at radius 1 is 1.32 bits per heavy atom. The molecule has 0 saturated carbocycles. The lowest BCUT2D eigenvalue weighted by molar-refractivity contribution is -0.121. The summed E-state index contributed by atoms with van der Waals surface area (Å²) in [7, 11) is 1.74. The third kappa shape index (κ3) is 3.45. The lowest BCUT2D eigenvalue weighted by Crippen LogP contribution is -2.29. The summed E-state index contributed by atoms with van der Waals surface area (Å²) in [6, 6.07) is 7.88. The quantitative estimate of drug-likeness (QED) is 0.767. The van der Waals surface area contributed by atoms with Gasteiger partial charge < -0.3 is 5.32 Å². The number of hydrogen-bond donors (Lipinski definition) is 1. The number of benzene rings is 1. The van der Waals surface area contributed by atoms with Crippen LogP contribution in [0.15, 0.2) is 41.6 Å². The Balaban J connectivity index is 1.66. The summed E-state index contributed by atoms with van der Waals surface area (Å²) in [6.07, 6.45) is 3.18. The standard InChI is InChI=1S/C18H21N5O2/c1-12-6-4-5-7-14(12)13(2)21-16(24)8-9-23-11-19-17-15(18(23)25)10-20-22(17)3/h4-7,10-11,13H,8-9H2,1-3H3,(H,21,24)/t13-/m1/s1. The van der Waals surface area contributed by atoms with E-state index in [0.717, 1.165) is 11.1 Å². The molecule has 1 atom stereocenters. The Bertz CT molecular complexity index is 973. The van der Waals surface area contributed by atoms with Crippen LogP contribution in [0.25, 0.3) is 11.0 Å². The van der Waals surface area contributed by atoms with Gasteiger partial charge in [0.2, 0.25) is 5.91 Å². The van der Waals surface area contributed by atoms with Gasteiger partial charge in [0.15, 0.2) is 5.65 Å². The van der Waals surface area contributed by atoms with Crippen molar-refractivity contribution in [3.05, 3.63) is 58.3 Å². The third-order valence-corrected chi connectivity index (χ3v) is 4.33. The lowest BCUT2D eigenvalue weighted by atomic mass is 10.0. The highest BCUT2D eigenvalue weighted by Crippen LogP contribution is 2.16. The lowest BCUT2D eigenvalue weighted by Gasteiger charge is -2.16. The van der Waals surface area contributed by atoms with Crippen molar-refractivity contribution >= 4 is 16.9 Å². The smallest absolute Gasteiger partial charge is 0.264 e. The van der Waals surface area contributed by atoms with Crippen LogP contribution >= 0.6 is 0 Å². The molecule has 0 fully saturated rings. The summed E-state index contributed by atoms with van der Waals surface area (Å²) in [5.74, 6) is -0.103. The number of rotatable bonds is 5. The van der Waals surface area contributed by atoms with Crippen molar-refractivity contribution in [3.8, 4) is 0 Å². The van der Waals surface area contributed by atoms with E-state index in [-0.39, 0.29) is 30.5 Å². The van der Waals surface area contributed by atoms with E-state index in [1.54, 1.807) is 11.7 Å². The van der Waals surface area contributed by atoms with Gasteiger partial charge in [-0.25, -0.2) is 4.98 Å². The van der Waals surface area contributed by atoms with Gasteiger partial charge in [-0.1, -0.05) is 24.3 Å². The molecule has 3 aromatic rings. The maximum absolute atomic E-state index is 12.4. The van der Waals surface area contributed by atoms with Gasteiger partial charge in [0.25, 0.3) is 5.56 Å². The Morgan fingerprint density at radius 3 is 2.84 bits per heavy atom. The van der Waals surface area contributed by atoms with Gasteiger partial charge in [0.05, 0.1) is 18.6 Å². The van der Waals surface area contributed by atoms with Crippen LogP contribution in [0.5, 0.6) is 0 Å². The molecule has 0 saturated heterocycles. The number of nitrogens with one attached hydrogen (secondary N) is 1. The fourth-order valence-electron chi connectivity index (χ4n) is 2.91. The van der Waals surface area contributed by atoms with Crippen LogP contribution in [-0.2, 0) is 18.4 Å². The molecular formula is C18H21N5O2. The average molecular weight is 339 g/mol. The van der Waals surface area contributed by atoms with E-state index in [9.17, 15) is 9.59 Å². The molecule has 2 heterocycles. The maximum Gasteiger partial charge on any atom is 0.264 e. The SMILES string of the molecule is Cc1ccccc1[C@@H](C)NC(=O)CCn1cnc2c(cnn2C)c1=O. The molecule has 7 heteroatoms. The summed E-state index contributed by atoms with van der Waals surface area (Å²) in [6.45, 7) is 4.25. The summed E-state index contributed by atoms with van der Waals surface area (Å²) in [5, 5.41) is 7.47. The first kappa shape index (κ1) is 16.9. The second kappa shape index (κ2) is 6.88. The second-order valence-electron chi connectivity index (χ2n) is 6.14. The molecule has 3 rings (SSSR count). The normalized spacial score (nSPS) is 12.3. The van der Waals surface area contributed by atoms with E-state index >= 15 is 0 Å².